The second-order valence-corrected chi connectivity index (χ2v) is 7.49. The molecular weight excluding hydrogens is 319 g/mol. The molecule has 0 unspecified atom stereocenters. The Morgan fingerprint density at radius 1 is 1.09 bits per heavy atom. The number of benzene rings is 1. The molecule has 1 aromatic heterocycles. The molecule has 0 aliphatic carbocycles. The zero-order valence-corrected chi connectivity index (χ0v) is 14.3. The van der Waals surface area contributed by atoms with Crippen LogP contribution in [0.3, 0.4) is 0 Å². The summed E-state index contributed by atoms with van der Waals surface area (Å²) in [6.45, 7) is 2.62. The second-order valence-electron chi connectivity index (χ2n) is 5.58. The average Bonchev–Trinajstić information content (AvgIpc) is 2.88. The van der Waals surface area contributed by atoms with E-state index < -0.39 is 15.8 Å². The van der Waals surface area contributed by atoms with Crippen LogP contribution < -0.4 is 0 Å². The van der Waals surface area contributed by atoms with Gasteiger partial charge in [-0.25, -0.2) is 12.8 Å². The molecule has 0 aliphatic heterocycles. The maximum atomic E-state index is 13.9. The largest absolute Gasteiger partial charge is 0.465 e. The first kappa shape index (κ1) is 17.7. The van der Waals surface area contributed by atoms with Crippen LogP contribution in [-0.2, 0) is 16.6 Å². The first-order chi connectivity index (χ1) is 10.8. The van der Waals surface area contributed by atoms with Gasteiger partial charge in [0, 0.05) is 13.1 Å². The molecule has 2 aromatic rings. The molecule has 7 heteroatoms. The van der Waals surface area contributed by atoms with E-state index in [2.05, 4.69) is 0 Å². The number of rotatable bonds is 7. The Morgan fingerprint density at radius 2 is 1.78 bits per heavy atom. The maximum absolute atomic E-state index is 13.9. The highest BCUT2D eigenvalue weighted by Crippen LogP contribution is 2.21. The summed E-state index contributed by atoms with van der Waals surface area (Å²) < 4.78 is 46.3. The maximum Gasteiger partial charge on any atom is 0.246 e. The molecule has 2 rings (SSSR count). The number of hydrogen-bond acceptors (Lipinski definition) is 4. The van der Waals surface area contributed by atoms with Crippen molar-refractivity contribution in [2.75, 3.05) is 27.2 Å². The van der Waals surface area contributed by atoms with Gasteiger partial charge in [0.2, 0.25) is 10.0 Å². The average molecular weight is 340 g/mol. The van der Waals surface area contributed by atoms with E-state index in [9.17, 15) is 12.8 Å². The van der Waals surface area contributed by atoms with Crippen molar-refractivity contribution in [2.45, 2.75) is 18.4 Å². The highest BCUT2D eigenvalue weighted by Gasteiger charge is 2.28. The summed E-state index contributed by atoms with van der Waals surface area (Å²) in [5.74, 6) is 0.481. The Balaban J connectivity index is 2.33. The van der Waals surface area contributed by atoms with Crippen LogP contribution >= 0.6 is 0 Å². The number of halogens is 1. The normalized spacial score (nSPS) is 12.3. The highest BCUT2D eigenvalue weighted by molar-refractivity contribution is 7.89. The zero-order valence-electron chi connectivity index (χ0n) is 13.5. The molecule has 0 atom stereocenters. The van der Waals surface area contributed by atoms with E-state index in [0.717, 1.165) is 6.07 Å². The van der Waals surface area contributed by atoms with Crippen molar-refractivity contribution in [2.24, 2.45) is 0 Å². The van der Waals surface area contributed by atoms with E-state index >= 15 is 0 Å². The van der Waals surface area contributed by atoms with Crippen LogP contribution in [0.2, 0.25) is 0 Å². The number of sulfonamides is 1. The van der Waals surface area contributed by atoms with Gasteiger partial charge < -0.3 is 9.32 Å². The van der Waals surface area contributed by atoms with Crippen molar-refractivity contribution < 1.29 is 17.2 Å². The molecule has 0 bridgehead atoms. The van der Waals surface area contributed by atoms with Gasteiger partial charge in [0.1, 0.15) is 22.2 Å². The molecular formula is C16H21FN2O3S. The van der Waals surface area contributed by atoms with Crippen molar-refractivity contribution in [3.63, 3.8) is 0 Å². The first-order valence-electron chi connectivity index (χ1n) is 7.25. The van der Waals surface area contributed by atoms with Crippen LogP contribution in [0, 0.1) is 12.7 Å². The Kier molecular flexibility index (Phi) is 5.56. The van der Waals surface area contributed by atoms with Crippen LogP contribution in [-0.4, -0.2) is 44.8 Å². The van der Waals surface area contributed by atoms with Gasteiger partial charge in [-0.15, -0.1) is 0 Å². The number of hydrogen-bond donors (Lipinski definition) is 0. The van der Waals surface area contributed by atoms with Gasteiger partial charge in [0.05, 0.1) is 6.54 Å². The fraction of sp³-hybridized carbons (Fsp3) is 0.375. The summed E-state index contributed by atoms with van der Waals surface area (Å²) in [4.78, 5) is 1.55. The van der Waals surface area contributed by atoms with Gasteiger partial charge in [-0.3, -0.25) is 0 Å². The van der Waals surface area contributed by atoms with Crippen molar-refractivity contribution >= 4 is 10.0 Å². The number of likely N-dealkylation sites (N-methyl/N-ethyl adjacent to an activating group) is 1. The molecule has 0 fully saturated rings. The van der Waals surface area contributed by atoms with Crippen LogP contribution in [0.4, 0.5) is 4.39 Å². The summed E-state index contributed by atoms with van der Waals surface area (Å²) in [6, 6.07) is 8.91. The van der Waals surface area contributed by atoms with Gasteiger partial charge in [0.15, 0.2) is 0 Å². The van der Waals surface area contributed by atoms with Gasteiger partial charge >= 0.3 is 0 Å². The molecule has 5 nitrogen and oxygen atoms in total. The third-order valence-electron chi connectivity index (χ3n) is 3.38. The quantitative estimate of drug-likeness (QED) is 0.777. The van der Waals surface area contributed by atoms with Crippen LogP contribution in [0.5, 0.6) is 0 Å². The molecule has 0 radical (unpaired) electrons. The predicted octanol–water partition coefficient (Wildman–Crippen LogP) is 2.48. The van der Waals surface area contributed by atoms with E-state index in [1.54, 1.807) is 19.1 Å². The van der Waals surface area contributed by atoms with Gasteiger partial charge in [0.25, 0.3) is 0 Å². The second kappa shape index (κ2) is 7.25. The monoisotopic (exact) mass is 340 g/mol. The van der Waals surface area contributed by atoms with Gasteiger partial charge in [-0.05, 0) is 45.3 Å². The molecule has 0 saturated heterocycles. The summed E-state index contributed by atoms with van der Waals surface area (Å²) in [6.07, 6.45) is 0. The summed E-state index contributed by atoms with van der Waals surface area (Å²) in [5.41, 5.74) is 0. The van der Waals surface area contributed by atoms with Crippen LogP contribution in [0.1, 0.15) is 11.5 Å². The Hall–Kier alpha value is -1.70. The number of nitrogens with zero attached hydrogens (tertiary/aromatic N) is 2. The minimum absolute atomic E-state index is 0.0678. The third-order valence-corrected chi connectivity index (χ3v) is 5.26. The molecule has 0 saturated carbocycles. The Morgan fingerprint density at radius 3 is 2.35 bits per heavy atom. The third kappa shape index (κ3) is 4.40. The van der Waals surface area contributed by atoms with Crippen molar-refractivity contribution in [1.29, 1.82) is 0 Å². The SMILES string of the molecule is Cc1ccc(CN(CCN(C)C)S(=O)(=O)c2ccccc2F)o1. The lowest BCUT2D eigenvalue weighted by Gasteiger charge is -2.23. The lowest BCUT2D eigenvalue weighted by atomic mass is 10.3. The topological polar surface area (TPSA) is 53.8 Å². The minimum atomic E-state index is -3.94. The lowest BCUT2D eigenvalue weighted by Crippen LogP contribution is -2.36. The predicted molar refractivity (Wildman–Crippen MR) is 86.0 cm³/mol. The number of aryl methyl sites for hydroxylation is 1. The molecule has 1 aromatic carbocycles. The Labute approximate surface area is 136 Å². The van der Waals surface area contributed by atoms with Gasteiger partial charge in [-0.1, -0.05) is 12.1 Å². The highest BCUT2D eigenvalue weighted by atomic mass is 32.2. The molecule has 0 amide bonds. The molecule has 0 aliphatic rings. The molecule has 23 heavy (non-hydrogen) atoms. The Bertz CT molecular complexity index is 756. The first-order valence-corrected chi connectivity index (χ1v) is 8.69. The smallest absolute Gasteiger partial charge is 0.246 e. The van der Waals surface area contributed by atoms with Gasteiger partial charge in [-0.2, -0.15) is 4.31 Å². The van der Waals surface area contributed by atoms with E-state index in [0.29, 0.717) is 18.1 Å². The standard InChI is InChI=1S/C16H21FN2O3S/c1-13-8-9-14(22-13)12-19(11-10-18(2)3)23(20,21)16-7-5-4-6-15(16)17/h4-9H,10-12H2,1-3H3. The summed E-state index contributed by atoms with van der Waals surface area (Å²) >= 11 is 0. The molecule has 126 valence electrons. The lowest BCUT2D eigenvalue weighted by molar-refractivity contribution is 0.309. The molecule has 0 N–H and O–H groups in total. The number of furan rings is 1. The van der Waals surface area contributed by atoms with E-state index in [-0.39, 0.29) is 18.0 Å². The fourth-order valence-corrected chi connectivity index (χ4v) is 3.60. The van der Waals surface area contributed by atoms with E-state index in [4.69, 9.17) is 4.42 Å². The van der Waals surface area contributed by atoms with E-state index in [1.165, 1.54) is 22.5 Å². The summed E-state index contributed by atoms with van der Waals surface area (Å²) in [5, 5.41) is 0. The minimum Gasteiger partial charge on any atom is -0.465 e. The zero-order chi connectivity index (χ0) is 17.0. The van der Waals surface area contributed by atoms with Crippen LogP contribution in [0.15, 0.2) is 45.7 Å². The van der Waals surface area contributed by atoms with E-state index in [1.807, 2.05) is 19.0 Å². The molecule has 0 spiro atoms. The van der Waals surface area contributed by atoms with Crippen molar-refractivity contribution in [1.82, 2.24) is 9.21 Å². The fourth-order valence-electron chi connectivity index (χ4n) is 2.13. The van der Waals surface area contributed by atoms with Crippen LogP contribution in [0.25, 0.3) is 0 Å². The van der Waals surface area contributed by atoms with Crippen molar-refractivity contribution in [3.8, 4) is 0 Å². The summed E-state index contributed by atoms with van der Waals surface area (Å²) in [7, 11) is -0.240. The van der Waals surface area contributed by atoms with Crippen molar-refractivity contribution in [3.05, 3.63) is 53.7 Å². The molecule has 1 heterocycles.